The highest BCUT2D eigenvalue weighted by Crippen LogP contribution is 2.12. The molecule has 1 N–H and O–H groups in total. The standard InChI is InChI=1S/C20H23NO4/c1-16(22)18-8-10-19(11-9-18)25-15-20(23)21-12-5-13-24-14-17-6-3-2-4-7-17/h2-4,6-11H,5,12-15H2,1H3,(H,21,23). The number of hydrogen-bond donors (Lipinski definition) is 1. The molecule has 2 rings (SSSR count). The van der Waals surface area contributed by atoms with Crippen LogP contribution in [-0.4, -0.2) is 31.4 Å². The number of nitrogens with one attached hydrogen (secondary N) is 1. The van der Waals surface area contributed by atoms with E-state index in [1.807, 2.05) is 30.3 Å². The van der Waals surface area contributed by atoms with Gasteiger partial charge in [-0.2, -0.15) is 0 Å². The molecule has 0 fully saturated rings. The highest BCUT2D eigenvalue weighted by molar-refractivity contribution is 5.94. The summed E-state index contributed by atoms with van der Waals surface area (Å²) in [4.78, 5) is 22.9. The van der Waals surface area contributed by atoms with E-state index in [-0.39, 0.29) is 18.3 Å². The summed E-state index contributed by atoms with van der Waals surface area (Å²) >= 11 is 0. The van der Waals surface area contributed by atoms with Gasteiger partial charge in [-0.1, -0.05) is 30.3 Å². The number of benzene rings is 2. The summed E-state index contributed by atoms with van der Waals surface area (Å²) in [6.45, 7) is 3.16. The van der Waals surface area contributed by atoms with Crippen LogP contribution >= 0.6 is 0 Å². The first kappa shape index (κ1) is 18.7. The van der Waals surface area contributed by atoms with Gasteiger partial charge in [0.2, 0.25) is 0 Å². The molecule has 0 radical (unpaired) electrons. The number of carbonyl (C=O) groups is 2. The number of Topliss-reactive ketones (excluding diaryl/α,β-unsaturated/α-hetero) is 1. The lowest BCUT2D eigenvalue weighted by molar-refractivity contribution is -0.123. The average molecular weight is 341 g/mol. The van der Waals surface area contributed by atoms with E-state index in [1.165, 1.54) is 6.92 Å². The van der Waals surface area contributed by atoms with Gasteiger partial charge in [-0.05, 0) is 43.2 Å². The Hall–Kier alpha value is -2.66. The predicted molar refractivity (Wildman–Crippen MR) is 95.7 cm³/mol. The largest absolute Gasteiger partial charge is 0.484 e. The maximum atomic E-state index is 11.7. The molecule has 0 bridgehead atoms. The molecular formula is C20H23NO4. The summed E-state index contributed by atoms with van der Waals surface area (Å²) in [6.07, 6.45) is 0.742. The van der Waals surface area contributed by atoms with E-state index in [9.17, 15) is 9.59 Å². The lowest BCUT2D eigenvalue weighted by atomic mass is 10.1. The van der Waals surface area contributed by atoms with Crippen molar-refractivity contribution < 1.29 is 19.1 Å². The molecule has 0 heterocycles. The van der Waals surface area contributed by atoms with Crippen LogP contribution in [0, 0.1) is 0 Å². The van der Waals surface area contributed by atoms with Crippen molar-refractivity contribution >= 4 is 11.7 Å². The third-order valence-electron chi connectivity index (χ3n) is 3.53. The molecule has 0 atom stereocenters. The zero-order valence-corrected chi connectivity index (χ0v) is 14.4. The second-order valence-electron chi connectivity index (χ2n) is 5.61. The van der Waals surface area contributed by atoms with Gasteiger partial charge >= 0.3 is 0 Å². The first-order valence-corrected chi connectivity index (χ1v) is 8.27. The molecule has 0 aliphatic rings. The van der Waals surface area contributed by atoms with Gasteiger partial charge in [-0.25, -0.2) is 0 Å². The molecule has 0 aromatic heterocycles. The minimum Gasteiger partial charge on any atom is -0.484 e. The molecule has 2 aromatic carbocycles. The van der Waals surface area contributed by atoms with Gasteiger partial charge in [-0.3, -0.25) is 9.59 Å². The van der Waals surface area contributed by atoms with Crippen molar-refractivity contribution in [2.24, 2.45) is 0 Å². The fraction of sp³-hybridized carbons (Fsp3) is 0.300. The monoisotopic (exact) mass is 341 g/mol. The van der Waals surface area contributed by atoms with Crippen LogP contribution in [0.3, 0.4) is 0 Å². The first-order valence-electron chi connectivity index (χ1n) is 8.27. The van der Waals surface area contributed by atoms with Gasteiger partial charge in [0.1, 0.15) is 5.75 Å². The molecule has 0 saturated heterocycles. The second kappa shape index (κ2) is 10.3. The van der Waals surface area contributed by atoms with Crippen molar-refractivity contribution in [3.63, 3.8) is 0 Å². The van der Waals surface area contributed by atoms with Crippen LogP contribution in [0.5, 0.6) is 5.75 Å². The average Bonchev–Trinajstić information content (AvgIpc) is 2.64. The van der Waals surface area contributed by atoms with Crippen LogP contribution in [0.25, 0.3) is 0 Å². The van der Waals surface area contributed by atoms with E-state index < -0.39 is 0 Å². The van der Waals surface area contributed by atoms with Crippen molar-refractivity contribution in [3.8, 4) is 5.75 Å². The van der Waals surface area contributed by atoms with Crippen molar-refractivity contribution in [1.29, 1.82) is 0 Å². The van der Waals surface area contributed by atoms with Crippen molar-refractivity contribution in [3.05, 3.63) is 65.7 Å². The fourth-order valence-electron chi connectivity index (χ4n) is 2.15. The highest BCUT2D eigenvalue weighted by Gasteiger charge is 2.03. The number of ether oxygens (including phenoxy) is 2. The molecule has 2 aromatic rings. The first-order chi connectivity index (χ1) is 12.1. The normalized spacial score (nSPS) is 10.3. The third-order valence-corrected chi connectivity index (χ3v) is 3.53. The fourth-order valence-corrected chi connectivity index (χ4v) is 2.15. The zero-order chi connectivity index (χ0) is 17.9. The lowest BCUT2D eigenvalue weighted by Gasteiger charge is -2.08. The summed E-state index contributed by atoms with van der Waals surface area (Å²) in [5.41, 5.74) is 1.75. The second-order valence-corrected chi connectivity index (χ2v) is 5.61. The van der Waals surface area contributed by atoms with E-state index in [2.05, 4.69) is 5.32 Å². The maximum absolute atomic E-state index is 11.7. The minimum atomic E-state index is -0.182. The van der Waals surface area contributed by atoms with E-state index in [0.717, 1.165) is 12.0 Å². The lowest BCUT2D eigenvalue weighted by Crippen LogP contribution is -2.30. The van der Waals surface area contributed by atoms with Crippen LogP contribution in [0.2, 0.25) is 0 Å². The third kappa shape index (κ3) is 7.18. The van der Waals surface area contributed by atoms with Gasteiger partial charge in [0.05, 0.1) is 6.61 Å². The van der Waals surface area contributed by atoms with Gasteiger partial charge < -0.3 is 14.8 Å². The predicted octanol–water partition coefficient (Wildman–Crippen LogP) is 2.99. The summed E-state index contributed by atoms with van der Waals surface area (Å²) in [5, 5.41) is 2.78. The Labute approximate surface area is 148 Å². The summed E-state index contributed by atoms with van der Waals surface area (Å²) in [5.74, 6) is 0.379. The Morgan fingerprint density at radius 3 is 2.40 bits per heavy atom. The molecule has 0 aliphatic heterocycles. The topological polar surface area (TPSA) is 64.6 Å². The molecule has 0 aliphatic carbocycles. The summed E-state index contributed by atoms with van der Waals surface area (Å²) in [7, 11) is 0. The van der Waals surface area contributed by atoms with Crippen molar-refractivity contribution in [1.82, 2.24) is 5.32 Å². The van der Waals surface area contributed by atoms with E-state index in [0.29, 0.717) is 31.1 Å². The smallest absolute Gasteiger partial charge is 0.257 e. The van der Waals surface area contributed by atoms with Crippen LogP contribution < -0.4 is 10.1 Å². The van der Waals surface area contributed by atoms with E-state index in [4.69, 9.17) is 9.47 Å². The molecule has 5 nitrogen and oxygen atoms in total. The van der Waals surface area contributed by atoms with Gasteiger partial charge in [0, 0.05) is 18.7 Å². The quantitative estimate of drug-likeness (QED) is 0.533. The Morgan fingerprint density at radius 2 is 1.72 bits per heavy atom. The molecular weight excluding hydrogens is 318 g/mol. The number of ketones is 1. The number of rotatable bonds is 10. The van der Waals surface area contributed by atoms with Crippen molar-refractivity contribution in [2.75, 3.05) is 19.8 Å². The molecule has 132 valence electrons. The van der Waals surface area contributed by atoms with Gasteiger partial charge in [0.15, 0.2) is 12.4 Å². The van der Waals surface area contributed by atoms with Crippen LogP contribution in [0.1, 0.15) is 29.3 Å². The summed E-state index contributed by atoms with van der Waals surface area (Å²) in [6, 6.07) is 16.7. The maximum Gasteiger partial charge on any atom is 0.257 e. The van der Waals surface area contributed by atoms with E-state index in [1.54, 1.807) is 24.3 Å². The van der Waals surface area contributed by atoms with Gasteiger partial charge in [0.25, 0.3) is 5.91 Å². The van der Waals surface area contributed by atoms with Crippen LogP contribution in [0.4, 0.5) is 0 Å². The molecule has 1 amide bonds. The number of carbonyl (C=O) groups excluding carboxylic acids is 2. The highest BCUT2D eigenvalue weighted by atomic mass is 16.5. The van der Waals surface area contributed by atoms with Crippen molar-refractivity contribution in [2.45, 2.75) is 20.0 Å². The molecule has 0 spiro atoms. The van der Waals surface area contributed by atoms with E-state index >= 15 is 0 Å². The van der Waals surface area contributed by atoms with Crippen LogP contribution in [0.15, 0.2) is 54.6 Å². The Kier molecular flexibility index (Phi) is 7.66. The molecule has 0 unspecified atom stereocenters. The summed E-state index contributed by atoms with van der Waals surface area (Å²) < 4.78 is 10.9. The Bertz CT molecular complexity index is 668. The zero-order valence-electron chi connectivity index (χ0n) is 14.4. The number of hydrogen-bond acceptors (Lipinski definition) is 4. The Morgan fingerprint density at radius 1 is 1.00 bits per heavy atom. The molecule has 25 heavy (non-hydrogen) atoms. The molecule has 5 heteroatoms. The van der Waals surface area contributed by atoms with Crippen LogP contribution in [-0.2, 0) is 16.1 Å². The SMILES string of the molecule is CC(=O)c1ccc(OCC(=O)NCCCOCc2ccccc2)cc1. The molecule has 0 saturated carbocycles. The van der Waals surface area contributed by atoms with Gasteiger partial charge in [-0.15, -0.1) is 0 Å². The minimum absolute atomic E-state index is 0.00113. The number of amides is 1. The Balaban J connectivity index is 1.54.